The third-order valence-electron chi connectivity index (χ3n) is 8.35. The number of hydrogen-bond donors (Lipinski definition) is 1. The van der Waals surface area contributed by atoms with E-state index in [0.29, 0.717) is 45.3 Å². The molecule has 2 aromatic carbocycles. The molecule has 3 aliphatic rings. The van der Waals surface area contributed by atoms with Crippen LogP contribution in [-0.4, -0.2) is 96.9 Å². The number of fused-ring (bicyclic) bond motifs is 2. The van der Waals surface area contributed by atoms with E-state index < -0.39 is 11.7 Å². The molecule has 0 bridgehead atoms. The molecule has 240 valence electrons. The first-order chi connectivity index (χ1) is 21.8. The maximum atomic E-state index is 13.3. The zero-order valence-electron chi connectivity index (χ0n) is 26.6. The molecule has 11 heteroatoms. The molecule has 2 saturated heterocycles. The molecular weight excluding hydrogens is 573 g/mol. The number of aromatic nitrogens is 2. The predicted molar refractivity (Wildman–Crippen MR) is 175 cm³/mol. The smallest absolute Gasteiger partial charge is 0.318 e. The van der Waals surface area contributed by atoms with Crippen LogP contribution in [0.3, 0.4) is 0 Å². The van der Waals surface area contributed by atoms with E-state index >= 15 is 0 Å². The van der Waals surface area contributed by atoms with Crippen LogP contribution in [0.4, 0.5) is 15.9 Å². The molecule has 1 amide bonds. The van der Waals surface area contributed by atoms with Crippen molar-refractivity contribution in [2.45, 2.75) is 39.7 Å². The van der Waals surface area contributed by atoms with Gasteiger partial charge >= 0.3 is 6.01 Å². The number of methoxy groups -OCH3 is 1. The lowest BCUT2D eigenvalue weighted by Crippen LogP contribution is -2.49. The summed E-state index contributed by atoms with van der Waals surface area (Å²) in [7, 11) is 1.57. The normalized spacial score (nSPS) is 16.1. The quantitative estimate of drug-likeness (QED) is 0.406. The summed E-state index contributed by atoms with van der Waals surface area (Å²) in [6.07, 6.45) is 3.44. The number of hydrogen-bond acceptors (Lipinski definition) is 9. The Labute approximate surface area is 265 Å². The number of nitriles is 1. The van der Waals surface area contributed by atoms with E-state index in [4.69, 9.17) is 20.1 Å². The fourth-order valence-electron chi connectivity index (χ4n) is 6.16. The highest BCUT2D eigenvalue weighted by molar-refractivity contribution is 5.97. The molecule has 3 aromatic rings. The van der Waals surface area contributed by atoms with Crippen molar-refractivity contribution in [3.8, 4) is 12.1 Å². The third kappa shape index (κ3) is 8.26. The minimum Gasteiger partial charge on any atom is -0.467 e. The second kappa shape index (κ2) is 16.2. The molecule has 0 spiro atoms. The Morgan fingerprint density at radius 3 is 2.33 bits per heavy atom. The van der Waals surface area contributed by atoms with Gasteiger partial charge in [0.25, 0.3) is 5.91 Å². The third-order valence-corrected chi connectivity index (χ3v) is 8.35. The van der Waals surface area contributed by atoms with E-state index in [9.17, 15) is 9.18 Å². The van der Waals surface area contributed by atoms with Crippen LogP contribution in [0.1, 0.15) is 36.6 Å². The second-order valence-corrected chi connectivity index (χ2v) is 11.3. The minimum absolute atomic E-state index is 0.319. The lowest BCUT2D eigenvalue weighted by atomic mass is 9.99. The van der Waals surface area contributed by atoms with Crippen molar-refractivity contribution in [2.75, 3.05) is 75.9 Å². The van der Waals surface area contributed by atoms with Crippen molar-refractivity contribution >= 4 is 28.2 Å². The number of amides is 1. The second-order valence-electron chi connectivity index (χ2n) is 11.3. The summed E-state index contributed by atoms with van der Waals surface area (Å²) in [5.41, 5.74) is 4.53. The molecule has 45 heavy (non-hydrogen) atoms. The van der Waals surface area contributed by atoms with Crippen LogP contribution >= 0.6 is 0 Å². The number of benzene rings is 2. The first kappa shape index (κ1) is 33.6. The Morgan fingerprint density at radius 1 is 1.04 bits per heavy atom. The summed E-state index contributed by atoms with van der Waals surface area (Å²) in [5, 5.41) is 18.3. The summed E-state index contributed by atoms with van der Waals surface area (Å²) in [5.74, 6) is -0.706. The number of halogens is 1. The van der Waals surface area contributed by atoms with Gasteiger partial charge in [0.2, 0.25) is 0 Å². The number of aliphatic hydroxyl groups is 1. The number of carbonyl (C=O) groups is 1. The van der Waals surface area contributed by atoms with Gasteiger partial charge in [-0.1, -0.05) is 36.9 Å². The summed E-state index contributed by atoms with van der Waals surface area (Å²) < 4.78 is 18.7. The standard InChI is InChI=1S/C26H28FN5O2.C6H13NO.C2H3N/c1-17-6-4-7-19-8-5-9-22(23(17)19)32-11-10-20-21(16-32)28-26(34-3)29-24(20)30-12-14-31(15-13-30)25(33)18(2)27;8-6-5-7-3-1-2-4-7;1-2-3/h4-9H,2,10-16H2,1,3H3;8H,1-6H2;1H3. The summed E-state index contributed by atoms with van der Waals surface area (Å²) in [6, 6.07) is 14.9. The lowest BCUT2D eigenvalue weighted by molar-refractivity contribution is -0.128. The molecule has 0 atom stereocenters. The Bertz CT molecular complexity index is 1510. The minimum atomic E-state index is -0.918. The van der Waals surface area contributed by atoms with Gasteiger partial charge in [0.05, 0.1) is 32.0 Å². The van der Waals surface area contributed by atoms with Crippen molar-refractivity contribution in [3.05, 3.63) is 65.6 Å². The fourth-order valence-corrected chi connectivity index (χ4v) is 6.16. The van der Waals surface area contributed by atoms with Gasteiger partial charge in [-0.05, 0) is 56.3 Å². The average Bonchev–Trinajstić information content (AvgIpc) is 3.58. The number of anilines is 2. The van der Waals surface area contributed by atoms with E-state index in [1.807, 2.05) is 0 Å². The first-order valence-corrected chi connectivity index (χ1v) is 15.5. The van der Waals surface area contributed by atoms with E-state index in [-0.39, 0.29) is 0 Å². The molecule has 3 aliphatic heterocycles. The molecule has 1 N–H and O–H groups in total. The van der Waals surface area contributed by atoms with E-state index in [2.05, 4.69) is 69.6 Å². The topological polar surface area (TPSA) is 109 Å². The van der Waals surface area contributed by atoms with Crippen LogP contribution in [0.5, 0.6) is 6.01 Å². The summed E-state index contributed by atoms with van der Waals surface area (Å²) in [6.45, 7) is 13.8. The SMILES string of the molecule is C=C(F)C(=O)N1CCN(c2nc(OC)nc3c2CCN(c2cccc4cccc(C)c24)C3)CC1.CC#N.OCCN1CCCC1. The summed E-state index contributed by atoms with van der Waals surface area (Å²) in [4.78, 5) is 29.6. The number of nitrogens with zero attached hydrogens (tertiary/aromatic N) is 7. The number of aryl methyl sites for hydroxylation is 1. The Kier molecular flexibility index (Phi) is 12.1. The van der Waals surface area contributed by atoms with Gasteiger partial charge in [0.1, 0.15) is 5.82 Å². The maximum Gasteiger partial charge on any atom is 0.318 e. The van der Waals surface area contributed by atoms with Crippen molar-refractivity contribution in [2.24, 2.45) is 0 Å². The Hall–Kier alpha value is -4.27. The number of likely N-dealkylation sites (tertiary alicyclic amines) is 1. The van der Waals surface area contributed by atoms with Gasteiger partial charge in [-0.25, -0.2) is 4.39 Å². The van der Waals surface area contributed by atoms with Crippen molar-refractivity contribution in [1.29, 1.82) is 5.26 Å². The van der Waals surface area contributed by atoms with E-state index in [0.717, 1.165) is 36.6 Å². The largest absolute Gasteiger partial charge is 0.467 e. The fraction of sp³-hybridized carbons (Fsp3) is 0.471. The van der Waals surface area contributed by atoms with E-state index in [1.54, 1.807) is 13.2 Å². The average molecular weight is 618 g/mol. The van der Waals surface area contributed by atoms with Crippen LogP contribution in [0.25, 0.3) is 10.8 Å². The molecule has 6 rings (SSSR count). The zero-order valence-corrected chi connectivity index (χ0v) is 26.6. The lowest BCUT2D eigenvalue weighted by Gasteiger charge is -2.38. The molecule has 4 heterocycles. The van der Waals surface area contributed by atoms with Gasteiger partial charge in [0.15, 0.2) is 5.83 Å². The highest BCUT2D eigenvalue weighted by Gasteiger charge is 2.29. The molecule has 0 saturated carbocycles. The number of β-amino-alcohol motifs (C(OH)–C–C–N with tert-alkyl or cyclic N) is 1. The predicted octanol–water partition coefficient (Wildman–Crippen LogP) is 4.25. The molecule has 2 fully saturated rings. The maximum absolute atomic E-state index is 13.3. The molecule has 0 unspecified atom stereocenters. The molecule has 0 aliphatic carbocycles. The van der Waals surface area contributed by atoms with Crippen LogP contribution in [0.15, 0.2) is 48.8 Å². The van der Waals surface area contributed by atoms with Crippen LogP contribution < -0.4 is 14.5 Å². The molecule has 0 radical (unpaired) electrons. The van der Waals surface area contributed by atoms with Gasteiger partial charge in [-0.15, -0.1) is 0 Å². The zero-order chi connectivity index (χ0) is 32.3. The van der Waals surface area contributed by atoms with E-state index in [1.165, 1.54) is 59.8 Å². The van der Waals surface area contributed by atoms with Gasteiger partial charge in [-0.3, -0.25) is 4.79 Å². The van der Waals surface area contributed by atoms with Crippen molar-refractivity contribution in [1.82, 2.24) is 19.8 Å². The van der Waals surface area contributed by atoms with Gasteiger partial charge in [0, 0.05) is 62.8 Å². The van der Waals surface area contributed by atoms with Crippen LogP contribution in [0.2, 0.25) is 0 Å². The van der Waals surface area contributed by atoms with Crippen molar-refractivity contribution in [3.63, 3.8) is 0 Å². The first-order valence-electron chi connectivity index (χ1n) is 15.5. The monoisotopic (exact) mass is 617 g/mol. The molecular formula is C34H44FN7O3. The number of rotatable bonds is 6. The summed E-state index contributed by atoms with van der Waals surface area (Å²) >= 11 is 0. The van der Waals surface area contributed by atoms with Crippen LogP contribution in [-0.2, 0) is 17.8 Å². The highest BCUT2D eigenvalue weighted by Crippen LogP contribution is 2.35. The van der Waals surface area contributed by atoms with Gasteiger partial charge < -0.3 is 29.4 Å². The van der Waals surface area contributed by atoms with Gasteiger partial charge in [-0.2, -0.15) is 15.2 Å². The van der Waals surface area contributed by atoms with Crippen molar-refractivity contribution < 1.29 is 19.0 Å². The Balaban J connectivity index is 0.000000357. The Morgan fingerprint density at radius 2 is 1.71 bits per heavy atom. The van der Waals surface area contributed by atoms with Crippen LogP contribution in [0, 0.1) is 18.3 Å². The molecule has 10 nitrogen and oxygen atoms in total. The number of aliphatic hydroxyl groups excluding tert-OH is 1. The molecule has 1 aromatic heterocycles. The number of piperazine rings is 1. The number of carbonyl (C=O) groups excluding carboxylic acids is 1. The highest BCUT2D eigenvalue weighted by atomic mass is 19.1. The number of ether oxygens (including phenoxy) is 1.